The highest BCUT2D eigenvalue weighted by atomic mass is 35.5. The van der Waals surface area contributed by atoms with Gasteiger partial charge < -0.3 is 5.21 Å². The summed E-state index contributed by atoms with van der Waals surface area (Å²) >= 11 is 7.27. The van der Waals surface area contributed by atoms with Gasteiger partial charge in [-0.3, -0.25) is 0 Å². The van der Waals surface area contributed by atoms with Crippen molar-refractivity contribution in [1.29, 1.82) is 0 Å². The van der Waals surface area contributed by atoms with Crippen molar-refractivity contribution in [3.05, 3.63) is 28.7 Å². The van der Waals surface area contributed by atoms with Crippen LogP contribution < -0.4 is 4.73 Å². The molecule has 13 heavy (non-hydrogen) atoms. The fourth-order valence-corrected chi connectivity index (χ4v) is 2.07. The van der Waals surface area contributed by atoms with Crippen LogP contribution >= 0.6 is 23.4 Å². The third kappa shape index (κ3) is 2.51. The number of halogens is 1. The van der Waals surface area contributed by atoms with Gasteiger partial charge in [-0.25, -0.2) is 0 Å². The van der Waals surface area contributed by atoms with E-state index in [9.17, 15) is 5.21 Å². The molecule has 0 radical (unpaired) electrons. The lowest BCUT2D eigenvalue weighted by Crippen LogP contribution is -2.30. The highest BCUT2D eigenvalue weighted by Gasteiger charge is 2.08. The van der Waals surface area contributed by atoms with Crippen molar-refractivity contribution in [2.24, 2.45) is 0 Å². The summed E-state index contributed by atoms with van der Waals surface area (Å²) in [5.74, 6) is 1.51. The molecule has 0 bridgehead atoms. The van der Waals surface area contributed by atoms with Gasteiger partial charge >= 0.3 is 0 Å². The normalized spacial score (nSPS) is 10.4. The molecule has 0 aliphatic heterocycles. The molecule has 0 saturated carbocycles. The number of rotatable bonds is 3. The van der Waals surface area contributed by atoms with E-state index < -0.39 is 0 Å². The molecule has 1 rings (SSSR count). The first kappa shape index (κ1) is 10.7. The molecule has 0 fully saturated rings. The Morgan fingerprint density at radius 3 is 2.85 bits per heavy atom. The summed E-state index contributed by atoms with van der Waals surface area (Å²) in [6.45, 7) is 3.79. The van der Waals surface area contributed by atoms with Crippen LogP contribution in [0.25, 0.3) is 0 Å². The predicted octanol–water partition coefficient (Wildman–Crippen LogP) is 2.27. The maximum absolute atomic E-state index is 11.1. The highest BCUT2D eigenvalue weighted by Crippen LogP contribution is 2.22. The van der Waals surface area contributed by atoms with Crippen LogP contribution in [0.2, 0.25) is 0 Å². The molecule has 0 aliphatic rings. The first-order valence-corrected chi connectivity index (χ1v) is 5.57. The molecule has 0 aliphatic carbocycles. The molecule has 72 valence electrons. The number of pyridine rings is 1. The summed E-state index contributed by atoms with van der Waals surface area (Å²) in [7, 11) is 0. The molecular weight excluding hydrogens is 206 g/mol. The quantitative estimate of drug-likeness (QED) is 0.336. The molecule has 0 spiro atoms. The van der Waals surface area contributed by atoms with Crippen LogP contribution in [0.3, 0.4) is 0 Å². The van der Waals surface area contributed by atoms with Crippen molar-refractivity contribution in [2.45, 2.75) is 18.7 Å². The average Bonchev–Trinajstić information content (AvgIpc) is 2.13. The largest absolute Gasteiger partial charge is 0.619 e. The van der Waals surface area contributed by atoms with Crippen molar-refractivity contribution >= 4 is 23.4 Å². The van der Waals surface area contributed by atoms with E-state index in [4.69, 9.17) is 11.6 Å². The van der Waals surface area contributed by atoms with Crippen molar-refractivity contribution in [1.82, 2.24) is 0 Å². The standard InChI is InChI=1S/C9H12ClNOS/c1-7-8(2)11(12)5-3-9(7)13-6-4-10/h3,5H,4,6H2,1-2H3. The number of nitrogens with zero attached hydrogens (tertiary/aromatic N) is 1. The fraction of sp³-hybridized carbons (Fsp3) is 0.444. The maximum Gasteiger partial charge on any atom is 0.193 e. The van der Waals surface area contributed by atoms with E-state index in [0.29, 0.717) is 5.88 Å². The molecule has 1 aromatic heterocycles. The van der Waals surface area contributed by atoms with Gasteiger partial charge in [0.1, 0.15) is 0 Å². The molecule has 0 aromatic carbocycles. The molecule has 0 atom stereocenters. The van der Waals surface area contributed by atoms with Gasteiger partial charge in [-0.2, -0.15) is 4.73 Å². The van der Waals surface area contributed by atoms with Crippen molar-refractivity contribution in [3.63, 3.8) is 0 Å². The van der Waals surface area contributed by atoms with E-state index >= 15 is 0 Å². The molecule has 2 nitrogen and oxygen atoms in total. The zero-order chi connectivity index (χ0) is 9.84. The number of hydrogen-bond acceptors (Lipinski definition) is 2. The molecule has 1 heterocycles. The summed E-state index contributed by atoms with van der Waals surface area (Å²) < 4.78 is 0.889. The first-order valence-electron chi connectivity index (χ1n) is 4.05. The molecule has 0 unspecified atom stereocenters. The molecule has 0 saturated heterocycles. The Balaban J connectivity index is 2.90. The van der Waals surface area contributed by atoms with Gasteiger partial charge in [0.15, 0.2) is 11.9 Å². The van der Waals surface area contributed by atoms with E-state index in [1.165, 1.54) is 0 Å². The molecule has 1 aromatic rings. The van der Waals surface area contributed by atoms with Crippen LogP contribution in [-0.2, 0) is 0 Å². The first-order chi connectivity index (χ1) is 6.16. The predicted molar refractivity (Wildman–Crippen MR) is 56.3 cm³/mol. The third-order valence-corrected chi connectivity index (χ3v) is 3.51. The van der Waals surface area contributed by atoms with Gasteiger partial charge in [0, 0.05) is 35.1 Å². The lowest BCUT2D eigenvalue weighted by atomic mass is 10.2. The lowest BCUT2D eigenvalue weighted by molar-refractivity contribution is -0.613. The van der Waals surface area contributed by atoms with Crippen molar-refractivity contribution in [3.8, 4) is 0 Å². The van der Waals surface area contributed by atoms with Crippen LogP contribution in [-0.4, -0.2) is 11.6 Å². The smallest absolute Gasteiger partial charge is 0.193 e. The summed E-state index contributed by atoms with van der Waals surface area (Å²) in [6.07, 6.45) is 1.54. The van der Waals surface area contributed by atoms with E-state index in [2.05, 4.69) is 0 Å². The number of thioether (sulfide) groups is 1. The summed E-state index contributed by atoms with van der Waals surface area (Å²) in [6, 6.07) is 1.84. The summed E-state index contributed by atoms with van der Waals surface area (Å²) in [5, 5.41) is 11.1. The zero-order valence-corrected chi connectivity index (χ0v) is 9.28. The Kier molecular flexibility index (Phi) is 3.88. The van der Waals surface area contributed by atoms with Gasteiger partial charge in [0.2, 0.25) is 0 Å². The molecular formula is C9H12ClNOS. The number of hydrogen-bond donors (Lipinski definition) is 0. The van der Waals surface area contributed by atoms with Gasteiger partial charge in [0.05, 0.1) is 0 Å². The van der Waals surface area contributed by atoms with Gasteiger partial charge in [-0.1, -0.05) is 0 Å². The van der Waals surface area contributed by atoms with Gasteiger partial charge in [-0.05, 0) is 6.92 Å². The second-order valence-electron chi connectivity index (χ2n) is 2.75. The van der Waals surface area contributed by atoms with Crippen molar-refractivity contribution in [2.75, 3.05) is 11.6 Å². The van der Waals surface area contributed by atoms with E-state index in [0.717, 1.165) is 26.6 Å². The van der Waals surface area contributed by atoms with Gasteiger partial charge in [0.25, 0.3) is 0 Å². The van der Waals surface area contributed by atoms with E-state index in [-0.39, 0.29) is 0 Å². The minimum absolute atomic E-state index is 0.634. The second-order valence-corrected chi connectivity index (χ2v) is 4.27. The minimum atomic E-state index is 0.634. The highest BCUT2D eigenvalue weighted by molar-refractivity contribution is 7.99. The maximum atomic E-state index is 11.1. The SMILES string of the molecule is Cc1c(SCCCl)cc[n+]([O-])c1C. The average molecular weight is 218 g/mol. The van der Waals surface area contributed by atoms with Crippen molar-refractivity contribution < 1.29 is 4.73 Å². The topological polar surface area (TPSA) is 26.9 Å². The van der Waals surface area contributed by atoms with Crippen LogP contribution in [0.4, 0.5) is 0 Å². The third-order valence-electron chi connectivity index (χ3n) is 1.94. The molecule has 0 N–H and O–H groups in total. The van der Waals surface area contributed by atoms with Gasteiger partial charge in [-0.15, -0.1) is 23.4 Å². The van der Waals surface area contributed by atoms with Crippen LogP contribution in [0.15, 0.2) is 17.2 Å². The summed E-state index contributed by atoms with van der Waals surface area (Å²) in [4.78, 5) is 1.14. The molecule has 4 heteroatoms. The minimum Gasteiger partial charge on any atom is -0.619 e. The fourth-order valence-electron chi connectivity index (χ4n) is 1.02. The summed E-state index contributed by atoms with van der Waals surface area (Å²) in [5.41, 5.74) is 1.81. The Labute approximate surface area is 87.5 Å². The lowest BCUT2D eigenvalue weighted by Gasteiger charge is -2.07. The number of alkyl halides is 1. The van der Waals surface area contributed by atoms with E-state index in [1.807, 2.05) is 19.9 Å². The Morgan fingerprint density at radius 1 is 1.54 bits per heavy atom. The number of aromatic nitrogens is 1. The Bertz CT molecular complexity index is 304. The zero-order valence-electron chi connectivity index (χ0n) is 7.71. The van der Waals surface area contributed by atoms with Crippen LogP contribution in [0.1, 0.15) is 11.3 Å². The Morgan fingerprint density at radius 2 is 2.23 bits per heavy atom. The molecule has 0 amide bonds. The van der Waals surface area contributed by atoms with Crippen LogP contribution in [0.5, 0.6) is 0 Å². The monoisotopic (exact) mass is 217 g/mol. The second kappa shape index (κ2) is 4.72. The van der Waals surface area contributed by atoms with E-state index in [1.54, 1.807) is 18.0 Å². The Hall–Kier alpha value is -0.410. The van der Waals surface area contributed by atoms with Crippen LogP contribution in [0, 0.1) is 19.1 Å².